The van der Waals surface area contributed by atoms with Gasteiger partial charge in [0.15, 0.2) is 8.32 Å². The lowest BCUT2D eigenvalue weighted by atomic mass is 9.94. The molecule has 0 fully saturated rings. The van der Waals surface area contributed by atoms with E-state index < -0.39 is 26.6 Å². The van der Waals surface area contributed by atoms with Gasteiger partial charge in [-0.1, -0.05) is 81.4 Å². The van der Waals surface area contributed by atoms with Crippen LogP contribution in [0.25, 0.3) is 0 Å². The molecular formula is C27H40N2O2Si. The van der Waals surface area contributed by atoms with Crippen LogP contribution < -0.4 is 0 Å². The molecule has 0 bridgehead atoms. The molecule has 174 valence electrons. The largest absolute Gasteiger partial charge is 0.407 e. The molecule has 3 atom stereocenters. The molecule has 5 heteroatoms. The Bertz CT molecular complexity index is 880. The topological polar surface area (TPSA) is 56.5 Å². The first-order chi connectivity index (χ1) is 14.8. The van der Waals surface area contributed by atoms with E-state index in [1.165, 1.54) is 0 Å². The normalized spacial score (nSPS) is 15.8. The van der Waals surface area contributed by atoms with E-state index >= 15 is 0 Å². The van der Waals surface area contributed by atoms with Crippen LogP contribution in [0.2, 0.25) is 18.1 Å². The molecule has 0 heterocycles. The minimum Gasteiger partial charge on any atom is -0.407 e. The SMILES string of the molecule is CC(C)(C)N(Cc1ccccc1)C(C#N)C(O)C(O[Si](C)(C)C(C)(C)C)c1ccccc1. The molecule has 0 aliphatic carbocycles. The molecule has 0 saturated heterocycles. The predicted octanol–water partition coefficient (Wildman–Crippen LogP) is 6.30. The summed E-state index contributed by atoms with van der Waals surface area (Å²) in [6.07, 6.45) is -1.58. The summed E-state index contributed by atoms with van der Waals surface area (Å²) < 4.78 is 6.76. The fourth-order valence-electron chi connectivity index (χ4n) is 3.50. The molecule has 0 aromatic heterocycles. The van der Waals surface area contributed by atoms with Crippen molar-refractivity contribution in [3.05, 3.63) is 71.8 Å². The van der Waals surface area contributed by atoms with Crippen molar-refractivity contribution in [2.75, 3.05) is 0 Å². The van der Waals surface area contributed by atoms with Gasteiger partial charge in [-0.3, -0.25) is 4.90 Å². The van der Waals surface area contributed by atoms with Crippen molar-refractivity contribution in [3.63, 3.8) is 0 Å². The molecule has 4 nitrogen and oxygen atoms in total. The molecule has 0 aliphatic heterocycles. The summed E-state index contributed by atoms with van der Waals surface area (Å²) in [6.45, 7) is 17.7. The van der Waals surface area contributed by atoms with E-state index in [1.54, 1.807) is 0 Å². The third-order valence-electron chi connectivity index (χ3n) is 6.52. The molecule has 0 aliphatic rings. The van der Waals surface area contributed by atoms with Gasteiger partial charge in [-0.25, -0.2) is 0 Å². The van der Waals surface area contributed by atoms with Crippen LogP contribution in [0.5, 0.6) is 0 Å². The number of hydrogen-bond acceptors (Lipinski definition) is 4. The number of nitrogens with zero attached hydrogens (tertiary/aromatic N) is 2. The molecule has 0 spiro atoms. The van der Waals surface area contributed by atoms with Crippen LogP contribution in [0.15, 0.2) is 60.7 Å². The van der Waals surface area contributed by atoms with Crippen LogP contribution in [-0.2, 0) is 11.0 Å². The monoisotopic (exact) mass is 452 g/mol. The fraction of sp³-hybridized carbons (Fsp3) is 0.519. The number of aliphatic hydroxyl groups excluding tert-OH is 1. The maximum atomic E-state index is 11.7. The lowest BCUT2D eigenvalue weighted by Gasteiger charge is -2.45. The Hall–Kier alpha value is -1.97. The molecule has 0 amide bonds. The van der Waals surface area contributed by atoms with Gasteiger partial charge in [0, 0.05) is 12.1 Å². The molecule has 0 radical (unpaired) electrons. The van der Waals surface area contributed by atoms with Gasteiger partial charge in [0.1, 0.15) is 12.1 Å². The van der Waals surface area contributed by atoms with Crippen LogP contribution in [0, 0.1) is 11.3 Å². The second-order valence-electron chi connectivity index (χ2n) is 11.1. The van der Waals surface area contributed by atoms with Gasteiger partial charge in [0.25, 0.3) is 0 Å². The molecule has 32 heavy (non-hydrogen) atoms. The van der Waals surface area contributed by atoms with Crippen molar-refractivity contribution in [1.82, 2.24) is 4.90 Å². The van der Waals surface area contributed by atoms with Crippen molar-refractivity contribution in [2.24, 2.45) is 0 Å². The van der Waals surface area contributed by atoms with Crippen molar-refractivity contribution >= 4 is 8.32 Å². The molecule has 2 rings (SSSR count). The number of aliphatic hydroxyl groups is 1. The zero-order valence-electron chi connectivity index (χ0n) is 21.0. The van der Waals surface area contributed by atoms with Gasteiger partial charge in [-0.05, 0) is 50.0 Å². The molecule has 1 N–H and O–H groups in total. The summed E-state index contributed by atoms with van der Waals surface area (Å²) in [5.74, 6) is 0. The van der Waals surface area contributed by atoms with Crippen LogP contribution in [0.3, 0.4) is 0 Å². The van der Waals surface area contributed by atoms with Crippen molar-refractivity contribution in [3.8, 4) is 6.07 Å². The molecular weight excluding hydrogens is 412 g/mol. The Labute approximate surface area is 196 Å². The fourth-order valence-corrected chi connectivity index (χ4v) is 4.76. The highest BCUT2D eigenvalue weighted by Crippen LogP contribution is 2.41. The predicted molar refractivity (Wildman–Crippen MR) is 135 cm³/mol. The third kappa shape index (κ3) is 6.52. The van der Waals surface area contributed by atoms with E-state index in [1.807, 2.05) is 48.5 Å². The molecule has 0 saturated carbocycles. The molecule has 2 aromatic rings. The summed E-state index contributed by atoms with van der Waals surface area (Å²) >= 11 is 0. The number of nitriles is 1. The number of hydrogen-bond donors (Lipinski definition) is 1. The zero-order chi connectivity index (χ0) is 24.2. The first-order valence-electron chi connectivity index (χ1n) is 11.4. The highest BCUT2D eigenvalue weighted by molar-refractivity contribution is 6.74. The lowest BCUT2D eigenvalue weighted by molar-refractivity contribution is -0.0431. The van der Waals surface area contributed by atoms with E-state index in [-0.39, 0.29) is 10.6 Å². The Morgan fingerprint density at radius 3 is 1.88 bits per heavy atom. The summed E-state index contributed by atoms with van der Waals surface area (Å²) in [4.78, 5) is 2.08. The van der Waals surface area contributed by atoms with Gasteiger partial charge < -0.3 is 9.53 Å². The van der Waals surface area contributed by atoms with Crippen molar-refractivity contribution < 1.29 is 9.53 Å². The van der Waals surface area contributed by atoms with E-state index in [9.17, 15) is 10.4 Å². The minimum absolute atomic E-state index is 0.0182. The number of rotatable bonds is 8. The first-order valence-corrected chi connectivity index (χ1v) is 14.3. The second-order valence-corrected chi connectivity index (χ2v) is 15.8. The maximum absolute atomic E-state index is 11.7. The van der Waals surface area contributed by atoms with Crippen molar-refractivity contribution in [1.29, 1.82) is 5.26 Å². The quantitative estimate of drug-likeness (QED) is 0.477. The summed E-state index contributed by atoms with van der Waals surface area (Å²) in [5.41, 5.74) is 1.69. The smallest absolute Gasteiger partial charge is 0.193 e. The average molecular weight is 453 g/mol. The van der Waals surface area contributed by atoms with Gasteiger partial charge in [-0.15, -0.1) is 0 Å². The summed E-state index contributed by atoms with van der Waals surface area (Å²) in [6, 6.07) is 21.6. The van der Waals surface area contributed by atoms with Gasteiger partial charge in [0.05, 0.1) is 12.2 Å². The Morgan fingerprint density at radius 1 is 0.938 bits per heavy atom. The highest BCUT2D eigenvalue weighted by Gasteiger charge is 2.44. The Kier molecular flexibility index (Phi) is 8.47. The second kappa shape index (κ2) is 10.3. The van der Waals surface area contributed by atoms with E-state index in [0.29, 0.717) is 6.54 Å². The highest BCUT2D eigenvalue weighted by atomic mass is 28.4. The average Bonchev–Trinajstić information content (AvgIpc) is 2.71. The Morgan fingerprint density at radius 2 is 1.44 bits per heavy atom. The van der Waals surface area contributed by atoms with Crippen molar-refractivity contribution in [2.45, 2.75) is 90.0 Å². The van der Waals surface area contributed by atoms with E-state index in [4.69, 9.17) is 4.43 Å². The maximum Gasteiger partial charge on any atom is 0.193 e. The molecule has 2 aromatic carbocycles. The Balaban J connectivity index is 2.48. The van der Waals surface area contributed by atoms with Gasteiger partial charge in [0.2, 0.25) is 0 Å². The van der Waals surface area contributed by atoms with Gasteiger partial charge >= 0.3 is 0 Å². The van der Waals surface area contributed by atoms with Crippen LogP contribution in [-0.4, -0.2) is 36.0 Å². The first kappa shape index (κ1) is 26.3. The standard InChI is InChI=1S/C27H40N2O2Si/c1-26(2,3)29(20-21-15-11-9-12-16-21)23(19-28)24(30)25(22-17-13-10-14-18-22)31-32(7,8)27(4,5)6/h9-18,23-25,30H,20H2,1-8H3. The van der Waals surface area contributed by atoms with Crippen LogP contribution in [0.4, 0.5) is 0 Å². The van der Waals surface area contributed by atoms with Crippen LogP contribution in [0.1, 0.15) is 58.8 Å². The molecule has 3 unspecified atom stereocenters. The summed E-state index contributed by atoms with van der Waals surface area (Å²) in [7, 11) is -2.21. The van der Waals surface area contributed by atoms with Crippen LogP contribution >= 0.6 is 0 Å². The summed E-state index contributed by atoms with van der Waals surface area (Å²) in [5, 5.41) is 21.9. The third-order valence-corrected chi connectivity index (χ3v) is 11.0. The number of benzene rings is 2. The zero-order valence-corrected chi connectivity index (χ0v) is 22.0. The minimum atomic E-state index is -2.21. The lowest BCUT2D eigenvalue weighted by Crippen LogP contribution is -2.55. The van der Waals surface area contributed by atoms with E-state index in [0.717, 1.165) is 11.1 Å². The van der Waals surface area contributed by atoms with Gasteiger partial charge in [-0.2, -0.15) is 5.26 Å². The van der Waals surface area contributed by atoms with E-state index in [2.05, 4.69) is 77.7 Å².